The van der Waals surface area contributed by atoms with E-state index in [-0.39, 0.29) is 6.03 Å². The van der Waals surface area contributed by atoms with E-state index < -0.39 is 0 Å². The molecule has 0 radical (unpaired) electrons. The lowest BCUT2D eigenvalue weighted by Gasteiger charge is -2.08. The number of hydrogen-bond acceptors (Lipinski definition) is 4. The van der Waals surface area contributed by atoms with Gasteiger partial charge in [-0.15, -0.1) is 10.2 Å². The highest BCUT2D eigenvalue weighted by Gasteiger charge is 2.04. The average Bonchev–Trinajstić information content (AvgIpc) is 3.10. The first-order chi connectivity index (χ1) is 12.1. The van der Waals surface area contributed by atoms with Gasteiger partial charge < -0.3 is 10.6 Å². The largest absolute Gasteiger partial charge is 0.323 e. The van der Waals surface area contributed by atoms with E-state index in [9.17, 15) is 4.79 Å². The van der Waals surface area contributed by atoms with E-state index in [1.165, 1.54) is 17.3 Å². The predicted octanol–water partition coefficient (Wildman–Crippen LogP) is 3.85. The van der Waals surface area contributed by atoms with E-state index in [2.05, 4.69) is 25.9 Å². The summed E-state index contributed by atoms with van der Waals surface area (Å²) in [5, 5.41) is 17.9. The minimum atomic E-state index is -0.329. The number of aromatic nitrogens is 3. The summed E-state index contributed by atoms with van der Waals surface area (Å²) in [4.78, 5) is 12.0. The molecular weight excluding hydrogens is 340 g/mol. The number of urea groups is 1. The number of nitrogens with zero attached hydrogens (tertiary/aromatic N) is 4. The van der Waals surface area contributed by atoms with Crippen LogP contribution in [0.2, 0.25) is 5.02 Å². The number of halogens is 1. The van der Waals surface area contributed by atoms with Crippen LogP contribution < -0.4 is 10.6 Å². The van der Waals surface area contributed by atoms with Crippen LogP contribution >= 0.6 is 11.6 Å². The lowest BCUT2D eigenvalue weighted by Crippen LogP contribution is -2.19. The van der Waals surface area contributed by atoms with Gasteiger partial charge in [0.05, 0.1) is 5.71 Å². The van der Waals surface area contributed by atoms with Crippen LogP contribution in [-0.4, -0.2) is 26.6 Å². The third kappa shape index (κ3) is 4.65. The molecule has 0 aliphatic carbocycles. The summed E-state index contributed by atoms with van der Waals surface area (Å²) < 4.78 is 1.53. The number of anilines is 2. The Morgan fingerprint density at radius 1 is 0.960 bits per heavy atom. The quantitative estimate of drug-likeness (QED) is 0.698. The molecule has 2 aromatic carbocycles. The number of amides is 2. The molecule has 0 spiro atoms. The van der Waals surface area contributed by atoms with Gasteiger partial charge in [-0.2, -0.15) is 5.10 Å². The Morgan fingerprint density at radius 3 is 2.04 bits per heavy atom. The minimum absolute atomic E-state index is 0.329. The van der Waals surface area contributed by atoms with Crippen LogP contribution in [-0.2, 0) is 0 Å². The highest BCUT2D eigenvalue weighted by molar-refractivity contribution is 6.30. The van der Waals surface area contributed by atoms with Gasteiger partial charge in [-0.25, -0.2) is 9.47 Å². The first-order valence-corrected chi connectivity index (χ1v) is 7.82. The second kappa shape index (κ2) is 7.59. The van der Waals surface area contributed by atoms with Crippen molar-refractivity contribution < 1.29 is 4.79 Å². The van der Waals surface area contributed by atoms with Crippen LogP contribution in [0.25, 0.3) is 0 Å². The molecule has 1 heterocycles. The zero-order valence-electron chi connectivity index (χ0n) is 13.3. The molecular formula is C17H15ClN6O. The number of carbonyl (C=O) groups excluding carboxylic acids is 1. The molecule has 0 saturated carbocycles. The zero-order chi connectivity index (χ0) is 17.6. The van der Waals surface area contributed by atoms with Crippen molar-refractivity contribution in [1.29, 1.82) is 0 Å². The third-order valence-electron chi connectivity index (χ3n) is 3.33. The van der Waals surface area contributed by atoms with Gasteiger partial charge in [0.15, 0.2) is 0 Å². The molecule has 8 heteroatoms. The van der Waals surface area contributed by atoms with E-state index in [1.807, 2.05) is 31.2 Å². The maximum Gasteiger partial charge on any atom is 0.323 e. The fourth-order valence-electron chi connectivity index (χ4n) is 2.10. The number of benzene rings is 2. The number of carbonyl (C=O) groups is 1. The molecule has 0 aliphatic rings. The molecule has 126 valence electrons. The molecule has 0 bridgehead atoms. The summed E-state index contributed by atoms with van der Waals surface area (Å²) in [5.41, 5.74) is 3.07. The van der Waals surface area contributed by atoms with Gasteiger partial charge in [-0.1, -0.05) is 23.7 Å². The van der Waals surface area contributed by atoms with Gasteiger partial charge >= 0.3 is 6.03 Å². The van der Waals surface area contributed by atoms with Crippen molar-refractivity contribution in [2.24, 2.45) is 5.10 Å². The second-order valence-corrected chi connectivity index (χ2v) is 5.63. The molecule has 0 unspecified atom stereocenters. The molecule has 25 heavy (non-hydrogen) atoms. The summed E-state index contributed by atoms with van der Waals surface area (Å²) in [6.45, 7) is 1.88. The van der Waals surface area contributed by atoms with Crippen LogP contribution in [0.15, 0.2) is 66.3 Å². The highest BCUT2D eigenvalue weighted by Crippen LogP contribution is 2.15. The van der Waals surface area contributed by atoms with E-state index >= 15 is 0 Å². The van der Waals surface area contributed by atoms with Crippen LogP contribution in [0.5, 0.6) is 0 Å². The minimum Gasteiger partial charge on any atom is -0.308 e. The summed E-state index contributed by atoms with van der Waals surface area (Å²) in [7, 11) is 0. The van der Waals surface area contributed by atoms with Gasteiger partial charge in [0.25, 0.3) is 0 Å². The number of nitrogens with one attached hydrogen (secondary N) is 2. The Bertz CT molecular complexity index is 873. The first-order valence-electron chi connectivity index (χ1n) is 7.44. The van der Waals surface area contributed by atoms with Crippen LogP contribution in [0.4, 0.5) is 16.2 Å². The van der Waals surface area contributed by atoms with Crippen LogP contribution in [0.1, 0.15) is 12.5 Å². The molecule has 0 fully saturated rings. The maximum atomic E-state index is 12.0. The molecule has 3 rings (SSSR count). The normalized spacial score (nSPS) is 11.2. The van der Waals surface area contributed by atoms with Crippen molar-refractivity contribution in [3.05, 3.63) is 71.8 Å². The number of rotatable bonds is 4. The highest BCUT2D eigenvalue weighted by atomic mass is 35.5. The van der Waals surface area contributed by atoms with E-state index in [0.717, 1.165) is 11.3 Å². The summed E-state index contributed by atoms with van der Waals surface area (Å²) in [5.74, 6) is 0. The van der Waals surface area contributed by atoms with Gasteiger partial charge in [-0.05, 0) is 48.9 Å². The average molecular weight is 355 g/mol. The van der Waals surface area contributed by atoms with Gasteiger partial charge in [0, 0.05) is 16.4 Å². The van der Waals surface area contributed by atoms with Crippen molar-refractivity contribution in [3.8, 4) is 0 Å². The SMILES string of the molecule is CC(=Nn1cnnc1)c1ccc(NC(=O)Nc2ccc(Cl)cc2)cc1. The topological polar surface area (TPSA) is 84.2 Å². The molecule has 0 aliphatic heterocycles. The Balaban J connectivity index is 1.62. The molecule has 0 atom stereocenters. The molecule has 3 aromatic rings. The molecule has 0 saturated heterocycles. The summed E-state index contributed by atoms with van der Waals surface area (Å²) >= 11 is 5.82. The lowest BCUT2D eigenvalue weighted by molar-refractivity contribution is 0.262. The zero-order valence-corrected chi connectivity index (χ0v) is 14.1. The molecule has 1 aromatic heterocycles. The maximum absolute atomic E-state index is 12.0. The third-order valence-corrected chi connectivity index (χ3v) is 3.59. The van der Waals surface area contributed by atoms with Crippen molar-refractivity contribution >= 4 is 34.7 Å². The van der Waals surface area contributed by atoms with Gasteiger partial charge in [0.2, 0.25) is 0 Å². The van der Waals surface area contributed by atoms with Crippen LogP contribution in [0.3, 0.4) is 0 Å². The van der Waals surface area contributed by atoms with E-state index in [0.29, 0.717) is 16.4 Å². The van der Waals surface area contributed by atoms with E-state index in [4.69, 9.17) is 11.6 Å². The summed E-state index contributed by atoms with van der Waals surface area (Å²) in [6, 6.07) is 13.9. The standard InChI is InChI=1S/C17H15ClN6O/c1-12(23-24-10-19-20-11-24)13-2-6-15(7-3-13)21-17(25)22-16-8-4-14(18)5-9-16/h2-11H,1H3,(H2,21,22,25). The molecule has 2 N–H and O–H groups in total. The van der Waals surface area contributed by atoms with Crippen LogP contribution in [0, 0.1) is 0 Å². The van der Waals surface area contributed by atoms with Crippen molar-refractivity contribution in [2.45, 2.75) is 6.92 Å². The Hall–Kier alpha value is -3.19. The lowest BCUT2D eigenvalue weighted by atomic mass is 10.1. The first kappa shape index (κ1) is 16.7. The van der Waals surface area contributed by atoms with E-state index in [1.54, 1.807) is 24.3 Å². The number of hydrogen-bond donors (Lipinski definition) is 2. The smallest absolute Gasteiger partial charge is 0.308 e. The molecule has 7 nitrogen and oxygen atoms in total. The fraction of sp³-hybridized carbons (Fsp3) is 0.0588. The Kier molecular flexibility index (Phi) is 5.06. The van der Waals surface area contributed by atoms with Crippen molar-refractivity contribution in [2.75, 3.05) is 10.6 Å². The van der Waals surface area contributed by atoms with Crippen molar-refractivity contribution in [3.63, 3.8) is 0 Å². The summed E-state index contributed by atoms with van der Waals surface area (Å²) in [6.07, 6.45) is 3.03. The fourth-order valence-corrected chi connectivity index (χ4v) is 2.23. The van der Waals surface area contributed by atoms with Gasteiger partial charge in [-0.3, -0.25) is 0 Å². The monoisotopic (exact) mass is 354 g/mol. The second-order valence-electron chi connectivity index (χ2n) is 5.19. The van der Waals surface area contributed by atoms with Gasteiger partial charge in [0.1, 0.15) is 12.7 Å². The molecule has 2 amide bonds. The predicted molar refractivity (Wildman–Crippen MR) is 98.2 cm³/mol. The Labute approximate surface area is 149 Å². The van der Waals surface area contributed by atoms with Crippen molar-refractivity contribution in [1.82, 2.24) is 14.9 Å². The Morgan fingerprint density at radius 2 is 1.48 bits per heavy atom.